The van der Waals surface area contributed by atoms with Crippen molar-refractivity contribution in [3.8, 4) is 17.2 Å². The van der Waals surface area contributed by atoms with E-state index in [2.05, 4.69) is 22.8 Å². The number of hydrogen-bond donors (Lipinski definition) is 3. The standard InChI is InChI=1S/C29H29N5O4S/c1-4-38-24-16-20(14-15-22(24)35)26-25(27(36)31-21-12-8-9-13-23(21)37-3)18(2)30-28-32-29(33-34(26)28)39-17-19-10-6-5-7-11-19/h5-16,26,35H,4,17H2,1-3H3,(H,31,36)(H,30,32,33)/t26-/m1/s1. The number of nitrogens with zero attached hydrogens (tertiary/aromatic N) is 3. The van der Waals surface area contributed by atoms with Gasteiger partial charge in [-0.3, -0.25) is 4.79 Å². The summed E-state index contributed by atoms with van der Waals surface area (Å²) in [5.74, 6) is 1.81. The first-order chi connectivity index (χ1) is 19.0. The van der Waals surface area contributed by atoms with Crippen molar-refractivity contribution in [2.24, 2.45) is 0 Å². The van der Waals surface area contributed by atoms with Crippen molar-refractivity contribution >= 4 is 29.3 Å². The molecule has 2 heterocycles. The van der Waals surface area contributed by atoms with Crippen molar-refractivity contribution in [3.05, 3.63) is 95.2 Å². The summed E-state index contributed by atoms with van der Waals surface area (Å²) in [7, 11) is 1.56. The van der Waals surface area contributed by atoms with Gasteiger partial charge in [-0.15, -0.1) is 5.10 Å². The zero-order valence-electron chi connectivity index (χ0n) is 21.8. The predicted molar refractivity (Wildman–Crippen MR) is 151 cm³/mol. The highest BCUT2D eigenvalue weighted by atomic mass is 32.2. The maximum absolute atomic E-state index is 13.8. The van der Waals surface area contributed by atoms with Gasteiger partial charge in [-0.2, -0.15) is 4.98 Å². The lowest BCUT2D eigenvalue weighted by molar-refractivity contribution is -0.113. The van der Waals surface area contributed by atoms with Crippen LogP contribution < -0.4 is 20.1 Å². The van der Waals surface area contributed by atoms with Crippen LogP contribution in [0.15, 0.2) is 89.2 Å². The smallest absolute Gasteiger partial charge is 0.255 e. The van der Waals surface area contributed by atoms with E-state index in [0.717, 1.165) is 5.56 Å². The van der Waals surface area contributed by atoms with Gasteiger partial charge in [0.1, 0.15) is 11.8 Å². The van der Waals surface area contributed by atoms with Crippen LogP contribution in [0.1, 0.15) is 31.0 Å². The van der Waals surface area contributed by atoms with Crippen molar-refractivity contribution in [1.29, 1.82) is 0 Å². The minimum atomic E-state index is -0.630. The molecule has 1 atom stereocenters. The third kappa shape index (κ3) is 5.56. The Kier molecular flexibility index (Phi) is 7.74. The molecule has 0 aliphatic carbocycles. The van der Waals surface area contributed by atoms with E-state index < -0.39 is 6.04 Å². The highest BCUT2D eigenvalue weighted by molar-refractivity contribution is 7.98. The summed E-state index contributed by atoms with van der Waals surface area (Å²) in [6, 6.07) is 21.8. The van der Waals surface area contributed by atoms with Gasteiger partial charge in [0, 0.05) is 11.4 Å². The van der Waals surface area contributed by atoms with Crippen molar-refractivity contribution < 1.29 is 19.4 Å². The molecule has 3 N–H and O–H groups in total. The van der Waals surface area contributed by atoms with Crippen molar-refractivity contribution in [3.63, 3.8) is 0 Å². The highest BCUT2D eigenvalue weighted by Crippen LogP contribution is 2.40. The van der Waals surface area contributed by atoms with Crippen LogP contribution in [0, 0.1) is 0 Å². The van der Waals surface area contributed by atoms with E-state index in [1.807, 2.05) is 44.2 Å². The van der Waals surface area contributed by atoms with Gasteiger partial charge in [0.15, 0.2) is 11.5 Å². The predicted octanol–water partition coefficient (Wildman–Crippen LogP) is 5.61. The number of benzene rings is 3. The van der Waals surface area contributed by atoms with Crippen LogP contribution in [-0.4, -0.2) is 39.5 Å². The maximum atomic E-state index is 13.8. The fraction of sp³-hybridized carbons (Fsp3) is 0.207. The van der Waals surface area contributed by atoms with E-state index in [1.165, 1.54) is 11.8 Å². The number of aromatic nitrogens is 3. The molecule has 0 bridgehead atoms. The quantitative estimate of drug-likeness (QED) is 0.234. The molecule has 3 aromatic carbocycles. The normalized spacial score (nSPS) is 14.4. The number of amides is 1. The molecular formula is C29H29N5O4S. The SMILES string of the molecule is CCOc1cc([C@@H]2C(C(=O)Nc3ccccc3OC)=C(C)Nc3nc(SCc4ccccc4)nn32)ccc1O. The molecule has 0 spiro atoms. The van der Waals surface area contributed by atoms with Crippen LogP contribution in [0.5, 0.6) is 17.2 Å². The second kappa shape index (κ2) is 11.5. The lowest BCUT2D eigenvalue weighted by Gasteiger charge is -2.29. The molecule has 4 aromatic rings. The van der Waals surface area contributed by atoms with Gasteiger partial charge >= 0.3 is 0 Å². The largest absolute Gasteiger partial charge is 0.504 e. The molecule has 39 heavy (non-hydrogen) atoms. The summed E-state index contributed by atoms with van der Waals surface area (Å²) < 4.78 is 12.8. The number of fused-ring (bicyclic) bond motifs is 1. The van der Waals surface area contributed by atoms with Crippen LogP contribution >= 0.6 is 11.8 Å². The molecule has 0 fully saturated rings. The average molecular weight is 544 g/mol. The Morgan fingerprint density at radius 1 is 1.10 bits per heavy atom. The number of ether oxygens (including phenoxy) is 2. The number of aromatic hydroxyl groups is 1. The van der Waals surface area contributed by atoms with E-state index in [4.69, 9.17) is 19.6 Å². The number of carbonyl (C=O) groups excluding carboxylic acids is 1. The minimum absolute atomic E-state index is 0.0215. The van der Waals surface area contributed by atoms with Crippen LogP contribution in [0.25, 0.3) is 0 Å². The van der Waals surface area contributed by atoms with Gasteiger partial charge in [0.2, 0.25) is 11.1 Å². The molecule has 200 valence electrons. The van der Waals surface area contributed by atoms with Gasteiger partial charge in [-0.05, 0) is 49.2 Å². The second-order valence-electron chi connectivity index (χ2n) is 8.82. The number of thioether (sulfide) groups is 1. The Balaban J connectivity index is 1.54. The molecule has 5 rings (SSSR count). The molecule has 1 aliphatic rings. The van der Waals surface area contributed by atoms with E-state index in [-0.39, 0.29) is 11.7 Å². The van der Waals surface area contributed by atoms with E-state index in [1.54, 1.807) is 42.1 Å². The number of phenols is 1. The summed E-state index contributed by atoms with van der Waals surface area (Å²) in [5.41, 5.74) is 3.51. The summed E-state index contributed by atoms with van der Waals surface area (Å²) in [5, 5.41) is 22.0. The van der Waals surface area contributed by atoms with Gasteiger partial charge < -0.3 is 25.2 Å². The third-order valence-electron chi connectivity index (χ3n) is 6.24. The van der Waals surface area contributed by atoms with Gasteiger partial charge in [-0.1, -0.05) is 60.3 Å². The summed E-state index contributed by atoms with van der Waals surface area (Å²) in [6.45, 7) is 4.07. The lowest BCUT2D eigenvalue weighted by atomic mass is 9.94. The number of para-hydroxylation sites is 2. The number of nitrogens with one attached hydrogen (secondary N) is 2. The molecule has 1 amide bonds. The first-order valence-corrected chi connectivity index (χ1v) is 13.5. The van der Waals surface area contributed by atoms with Crippen LogP contribution in [0.4, 0.5) is 11.6 Å². The van der Waals surface area contributed by atoms with E-state index in [0.29, 0.717) is 57.5 Å². The zero-order chi connectivity index (χ0) is 27.4. The topological polar surface area (TPSA) is 111 Å². The Hall–Kier alpha value is -4.44. The van der Waals surface area contributed by atoms with Crippen molar-refractivity contribution in [2.75, 3.05) is 24.4 Å². The number of anilines is 2. The molecule has 0 saturated carbocycles. The van der Waals surface area contributed by atoms with Gasteiger partial charge in [0.25, 0.3) is 5.91 Å². The molecule has 0 unspecified atom stereocenters. The summed E-state index contributed by atoms with van der Waals surface area (Å²) >= 11 is 1.51. The van der Waals surface area contributed by atoms with Crippen molar-refractivity contribution in [2.45, 2.75) is 30.8 Å². The molecular weight excluding hydrogens is 514 g/mol. The Bertz CT molecular complexity index is 1520. The third-order valence-corrected chi connectivity index (χ3v) is 7.15. The Morgan fingerprint density at radius 3 is 2.64 bits per heavy atom. The molecule has 10 heteroatoms. The molecule has 0 radical (unpaired) electrons. The highest BCUT2D eigenvalue weighted by Gasteiger charge is 2.35. The first kappa shape index (κ1) is 26.2. The van der Waals surface area contributed by atoms with E-state index >= 15 is 0 Å². The van der Waals surface area contributed by atoms with Crippen molar-refractivity contribution in [1.82, 2.24) is 14.8 Å². The number of carbonyl (C=O) groups is 1. The summed E-state index contributed by atoms with van der Waals surface area (Å²) in [4.78, 5) is 18.5. The number of hydrogen-bond acceptors (Lipinski definition) is 8. The van der Waals surface area contributed by atoms with Crippen LogP contribution in [0.3, 0.4) is 0 Å². The molecule has 0 saturated heterocycles. The van der Waals surface area contributed by atoms with Crippen LogP contribution in [-0.2, 0) is 10.5 Å². The monoisotopic (exact) mass is 543 g/mol. The maximum Gasteiger partial charge on any atom is 0.255 e. The molecule has 1 aliphatic heterocycles. The zero-order valence-corrected chi connectivity index (χ0v) is 22.7. The average Bonchev–Trinajstić information content (AvgIpc) is 3.35. The second-order valence-corrected chi connectivity index (χ2v) is 9.76. The summed E-state index contributed by atoms with van der Waals surface area (Å²) in [6.07, 6.45) is 0. The fourth-order valence-corrected chi connectivity index (χ4v) is 5.21. The fourth-order valence-electron chi connectivity index (χ4n) is 4.43. The first-order valence-electron chi connectivity index (χ1n) is 12.5. The Morgan fingerprint density at radius 2 is 1.87 bits per heavy atom. The number of methoxy groups -OCH3 is 1. The molecule has 1 aromatic heterocycles. The van der Waals surface area contributed by atoms with E-state index in [9.17, 15) is 9.90 Å². The van der Waals surface area contributed by atoms with Gasteiger partial charge in [-0.25, -0.2) is 4.68 Å². The van der Waals surface area contributed by atoms with Crippen LogP contribution in [0.2, 0.25) is 0 Å². The molecule has 9 nitrogen and oxygen atoms in total. The van der Waals surface area contributed by atoms with Gasteiger partial charge in [0.05, 0.1) is 25.0 Å². The number of rotatable bonds is 9. The number of allylic oxidation sites excluding steroid dienone is 1. The lowest BCUT2D eigenvalue weighted by Crippen LogP contribution is -2.31. The minimum Gasteiger partial charge on any atom is -0.504 e. The number of phenolic OH excluding ortho intramolecular Hbond substituents is 1. The Labute approximate surface area is 230 Å².